The van der Waals surface area contributed by atoms with Gasteiger partial charge in [-0.25, -0.2) is 21.8 Å². The van der Waals surface area contributed by atoms with E-state index in [1.807, 2.05) is 0 Å². The van der Waals surface area contributed by atoms with Gasteiger partial charge in [-0.05, 0) is 17.7 Å². The lowest BCUT2D eigenvalue weighted by Crippen LogP contribution is -2.37. The van der Waals surface area contributed by atoms with Gasteiger partial charge < -0.3 is 14.6 Å². The number of hydrogen-bond donors (Lipinski definition) is 1. The number of fused-ring (bicyclic) bond motifs is 3. The second-order valence-electron chi connectivity index (χ2n) is 7.60. The number of aromatic nitrogens is 3. The van der Waals surface area contributed by atoms with Crippen LogP contribution < -0.4 is 5.56 Å². The Balaban J connectivity index is 2.07. The summed E-state index contributed by atoms with van der Waals surface area (Å²) >= 11 is 5.81. The molecule has 0 saturated carbocycles. The third-order valence-electron chi connectivity index (χ3n) is 5.35. The van der Waals surface area contributed by atoms with Gasteiger partial charge in [-0.3, -0.25) is 9.59 Å². The highest BCUT2D eigenvalue weighted by molar-refractivity contribution is 7.89. The molecule has 0 unspecified atom stereocenters. The molecule has 13 heteroatoms. The Bertz CT molecular complexity index is 1450. The van der Waals surface area contributed by atoms with E-state index in [0.29, 0.717) is 5.56 Å². The minimum absolute atomic E-state index is 0.133. The van der Waals surface area contributed by atoms with Crippen molar-refractivity contribution in [2.75, 3.05) is 27.7 Å². The molecule has 1 aliphatic rings. The van der Waals surface area contributed by atoms with Crippen molar-refractivity contribution in [1.29, 1.82) is 0 Å². The van der Waals surface area contributed by atoms with Crippen molar-refractivity contribution in [2.45, 2.75) is 18.1 Å². The van der Waals surface area contributed by atoms with E-state index >= 15 is 0 Å². The molecule has 0 aliphatic carbocycles. The Morgan fingerprint density at radius 3 is 2.56 bits per heavy atom. The number of carbonyl (C=O) groups excluding carboxylic acids is 1. The van der Waals surface area contributed by atoms with E-state index in [9.17, 15) is 27.5 Å². The lowest BCUT2D eigenvalue weighted by molar-refractivity contribution is 0.0747. The smallest absolute Gasteiger partial charge is 0.280 e. The highest BCUT2D eigenvalue weighted by Gasteiger charge is 2.36. The van der Waals surface area contributed by atoms with Gasteiger partial charge in [-0.1, -0.05) is 17.7 Å². The summed E-state index contributed by atoms with van der Waals surface area (Å²) in [5.41, 5.74) is -0.720. The number of likely N-dealkylation sites (N-methyl/N-ethyl adjacent to an activating group) is 1. The van der Waals surface area contributed by atoms with Crippen LogP contribution in [0, 0.1) is 5.82 Å². The molecule has 3 heterocycles. The van der Waals surface area contributed by atoms with E-state index in [-0.39, 0.29) is 41.3 Å². The lowest BCUT2D eigenvalue weighted by atomic mass is 10.2. The maximum absolute atomic E-state index is 13.5. The summed E-state index contributed by atoms with van der Waals surface area (Å²) in [6.45, 7) is 0.190. The number of benzene rings is 1. The lowest BCUT2D eigenvalue weighted by Gasteiger charge is -2.25. The zero-order valence-electron chi connectivity index (χ0n) is 17.3. The van der Waals surface area contributed by atoms with E-state index in [4.69, 9.17) is 11.6 Å². The summed E-state index contributed by atoms with van der Waals surface area (Å²) in [5, 5.41) is 13.9. The molecule has 0 atom stereocenters. The Morgan fingerprint density at radius 1 is 1.25 bits per heavy atom. The topological polar surface area (TPSA) is 118 Å². The van der Waals surface area contributed by atoms with Crippen LogP contribution >= 0.6 is 11.6 Å². The van der Waals surface area contributed by atoms with Gasteiger partial charge in [0, 0.05) is 34.2 Å². The van der Waals surface area contributed by atoms with E-state index in [2.05, 4.69) is 5.10 Å². The predicted octanol–water partition coefficient (Wildman–Crippen LogP) is 1.08. The monoisotopic (exact) mass is 483 g/mol. The van der Waals surface area contributed by atoms with Crippen molar-refractivity contribution in [3.8, 4) is 5.75 Å². The third kappa shape index (κ3) is 3.26. The minimum atomic E-state index is -4.18. The van der Waals surface area contributed by atoms with Gasteiger partial charge in [0.2, 0.25) is 5.03 Å². The third-order valence-corrected chi connectivity index (χ3v) is 7.36. The molecule has 4 rings (SSSR count). The predicted molar refractivity (Wildman–Crippen MR) is 114 cm³/mol. The van der Waals surface area contributed by atoms with Gasteiger partial charge in [0.15, 0.2) is 11.4 Å². The molecular weight excluding hydrogens is 465 g/mol. The Morgan fingerprint density at radius 2 is 1.94 bits per heavy atom. The molecule has 0 bridgehead atoms. The summed E-state index contributed by atoms with van der Waals surface area (Å²) in [6.07, 6.45) is 0. The molecule has 0 fully saturated rings. The number of sulfonamides is 1. The van der Waals surface area contributed by atoms with Crippen molar-refractivity contribution >= 4 is 38.4 Å². The summed E-state index contributed by atoms with van der Waals surface area (Å²) in [7, 11) is -0.0396. The van der Waals surface area contributed by atoms with E-state index < -0.39 is 38.1 Å². The number of carbonyl (C=O) groups is 1. The summed E-state index contributed by atoms with van der Waals surface area (Å²) in [5.74, 6) is -1.80. The molecule has 1 N–H and O–H groups in total. The molecule has 32 heavy (non-hydrogen) atoms. The van der Waals surface area contributed by atoms with Crippen LogP contribution in [0.2, 0.25) is 5.02 Å². The zero-order valence-corrected chi connectivity index (χ0v) is 18.9. The molecule has 1 aromatic carbocycles. The van der Waals surface area contributed by atoms with Gasteiger partial charge in [-0.2, -0.15) is 5.10 Å². The van der Waals surface area contributed by atoms with Gasteiger partial charge >= 0.3 is 0 Å². The highest BCUT2D eigenvalue weighted by atomic mass is 35.5. The molecule has 1 aliphatic heterocycles. The van der Waals surface area contributed by atoms with Crippen LogP contribution in [-0.4, -0.2) is 70.7 Å². The molecule has 10 nitrogen and oxygen atoms in total. The first-order valence-electron chi connectivity index (χ1n) is 9.43. The fraction of sp³-hybridized carbons (Fsp3) is 0.316. The summed E-state index contributed by atoms with van der Waals surface area (Å²) < 4.78 is 42.8. The van der Waals surface area contributed by atoms with Crippen LogP contribution in [0.5, 0.6) is 5.75 Å². The molecular formula is C19H19ClFN5O5S. The largest absolute Gasteiger partial charge is 0.505 e. The molecule has 170 valence electrons. The fourth-order valence-corrected chi connectivity index (χ4v) is 4.81. The maximum Gasteiger partial charge on any atom is 0.280 e. The first kappa shape index (κ1) is 22.2. The number of hydrogen-bond acceptors (Lipinski definition) is 6. The average molecular weight is 484 g/mol. The average Bonchev–Trinajstić information content (AvgIpc) is 3.02. The first-order chi connectivity index (χ1) is 14.9. The SMILES string of the molecule is CN1CCn2c(c(O)c3c(=O)n(Cc4ccc(F)c(Cl)c4)nc(S(=O)(=O)N(C)C)c32)C1=O. The number of aromatic hydroxyl groups is 1. The van der Waals surface area contributed by atoms with Crippen molar-refractivity contribution in [3.05, 3.63) is 50.7 Å². The van der Waals surface area contributed by atoms with Crippen LogP contribution in [0.25, 0.3) is 10.9 Å². The first-order valence-corrected chi connectivity index (χ1v) is 11.2. The molecule has 1 amide bonds. The number of amides is 1. The van der Waals surface area contributed by atoms with Gasteiger partial charge in [0.25, 0.3) is 21.5 Å². The van der Waals surface area contributed by atoms with Crippen LogP contribution in [0.15, 0.2) is 28.0 Å². The normalized spacial score (nSPS) is 14.4. The highest BCUT2D eigenvalue weighted by Crippen LogP contribution is 2.35. The van der Waals surface area contributed by atoms with E-state index in [0.717, 1.165) is 15.1 Å². The van der Waals surface area contributed by atoms with Crippen molar-refractivity contribution in [3.63, 3.8) is 0 Å². The minimum Gasteiger partial charge on any atom is -0.505 e. The number of halogens is 2. The summed E-state index contributed by atoms with van der Waals surface area (Å²) in [6, 6.07) is 3.78. The standard InChI is InChI=1S/C19H19ClFN5O5S/c1-23(2)32(30,31)17-14-13(16(27)15-19(29)24(3)6-7-25(14)15)18(28)26(22-17)9-10-4-5-12(21)11(20)8-10/h4-5,8,27H,6-7,9H2,1-3H3. The number of rotatable bonds is 4. The van der Waals surface area contributed by atoms with E-state index in [1.54, 1.807) is 0 Å². The Kier molecular flexibility index (Phi) is 5.26. The van der Waals surface area contributed by atoms with Crippen molar-refractivity contribution < 1.29 is 22.7 Å². The quantitative estimate of drug-likeness (QED) is 0.593. The van der Waals surface area contributed by atoms with E-state index in [1.165, 1.54) is 42.7 Å². The molecule has 3 aromatic rings. The number of nitrogens with zero attached hydrogens (tertiary/aromatic N) is 5. The van der Waals surface area contributed by atoms with Gasteiger partial charge in [-0.15, -0.1) is 0 Å². The van der Waals surface area contributed by atoms with Crippen LogP contribution in [-0.2, 0) is 23.1 Å². The maximum atomic E-state index is 13.5. The molecule has 0 spiro atoms. The van der Waals surface area contributed by atoms with Crippen LogP contribution in [0.3, 0.4) is 0 Å². The van der Waals surface area contributed by atoms with Crippen LogP contribution in [0.1, 0.15) is 16.1 Å². The molecule has 0 saturated heterocycles. The summed E-state index contributed by atoms with van der Waals surface area (Å²) in [4.78, 5) is 27.3. The second-order valence-corrected chi connectivity index (χ2v) is 10.1. The van der Waals surface area contributed by atoms with Gasteiger partial charge in [0.05, 0.1) is 17.1 Å². The van der Waals surface area contributed by atoms with Crippen LogP contribution in [0.4, 0.5) is 4.39 Å². The molecule has 0 radical (unpaired) electrons. The van der Waals surface area contributed by atoms with Crippen molar-refractivity contribution in [1.82, 2.24) is 23.6 Å². The van der Waals surface area contributed by atoms with Crippen molar-refractivity contribution in [2.24, 2.45) is 0 Å². The second kappa shape index (κ2) is 7.57. The zero-order chi connectivity index (χ0) is 23.5. The van der Waals surface area contributed by atoms with Gasteiger partial charge in [0.1, 0.15) is 11.2 Å². The fourth-order valence-electron chi connectivity index (χ4n) is 3.60. The Hall–Kier alpha value is -2.96. The molecule has 2 aromatic heterocycles. The Labute approximate surface area is 187 Å².